The first-order valence-corrected chi connectivity index (χ1v) is 9.53. The van der Waals surface area contributed by atoms with Crippen LogP contribution in [0.1, 0.15) is 10.7 Å². The smallest absolute Gasteiger partial charge is 0.431 e. The quantitative estimate of drug-likeness (QED) is 0.710. The largest absolute Gasteiger partial charge is 0.465 e. The number of aromatic nitrogens is 2. The van der Waals surface area contributed by atoms with Gasteiger partial charge in [-0.05, 0) is 18.2 Å². The minimum Gasteiger partial charge on any atom is -0.465 e. The van der Waals surface area contributed by atoms with Crippen molar-refractivity contribution in [3.05, 3.63) is 46.5 Å². The summed E-state index contributed by atoms with van der Waals surface area (Å²) in [6.07, 6.45) is -3.89. The normalized spacial score (nSPS) is 15.4. The molecule has 1 aliphatic rings. The van der Waals surface area contributed by atoms with Crippen molar-refractivity contribution in [1.29, 1.82) is 0 Å². The van der Waals surface area contributed by atoms with E-state index in [0.29, 0.717) is 47.8 Å². The maximum atomic E-state index is 13.7. The molecule has 1 aromatic carbocycles. The summed E-state index contributed by atoms with van der Waals surface area (Å²) >= 11 is 1.31. The molecule has 0 aliphatic carbocycles. The average molecular weight is 410 g/mol. The molecular weight excluding hydrogens is 393 g/mol. The maximum absolute atomic E-state index is 13.7. The Morgan fingerprint density at radius 1 is 1.21 bits per heavy atom. The predicted octanol–water partition coefficient (Wildman–Crippen LogP) is 3.96. The summed E-state index contributed by atoms with van der Waals surface area (Å²) in [6.45, 7) is 1.55. The van der Waals surface area contributed by atoms with Crippen molar-refractivity contribution >= 4 is 34.0 Å². The molecule has 1 aliphatic heterocycles. The molecule has 10 heteroatoms. The van der Waals surface area contributed by atoms with Gasteiger partial charge in [0.05, 0.1) is 12.1 Å². The van der Waals surface area contributed by atoms with Gasteiger partial charge in [-0.15, -0.1) is 11.3 Å². The Balaban J connectivity index is 1.76. The van der Waals surface area contributed by atoms with Crippen molar-refractivity contribution in [3.63, 3.8) is 0 Å². The number of carbonyl (C=O) groups is 1. The van der Waals surface area contributed by atoms with Gasteiger partial charge in [0, 0.05) is 48.8 Å². The second kappa shape index (κ2) is 7.01. The zero-order valence-electron chi connectivity index (χ0n) is 14.7. The number of amides is 1. The van der Waals surface area contributed by atoms with Crippen LogP contribution in [0.2, 0.25) is 0 Å². The number of rotatable bonds is 3. The van der Waals surface area contributed by atoms with Crippen molar-refractivity contribution in [1.82, 2.24) is 14.5 Å². The minimum atomic E-state index is -4.49. The standard InChI is InChI=1S/C18H17F3N4O2S/c19-18(20,21)15-10-12-13(23-5-7-24(8-6-23)17(26)27)2-1-3-14(12)25(15)11-16-22-4-9-28-16/h1-4,9-10H,5-8,11H2,(H,26,27). The molecule has 0 saturated carbocycles. The van der Waals surface area contributed by atoms with Crippen LogP contribution in [0.5, 0.6) is 0 Å². The molecule has 2 aromatic heterocycles. The van der Waals surface area contributed by atoms with Gasteiger partial charge in [-0.3, -0.25) is 0 Å². The number of nitrogens with zero attached hydrogens (tertiary/aromatic N) is 4. The number of fused-ring (bicyclic) bond motifs is 1. The molecule has 0 unspecified atom stereocenters. The Hall–Kier alpha value is -2.75. The van der Waals surface area contributed by atoms with E-state index in [4.69, 9.17) is 5.11 Å². The van der Waals surface area contributed by atoms with E-state index in [1.54, 1.807) is 29.8 Å². The molecule has 0 bridgehead atoms. The van der Waals surface area contributed by atoms with E-state index in [-0.39, 0.29) is 6.54 Å². The van der Waals surface area contributed by atoms with Crippen LogP contribution < -0.4 is 4.90 Å². The second-order valence-electron chi connectivity index (χ2n) is 6.51. The van der Waals surface area contributed by atoms with E-state index < -0.39 is 18.0 Å². The Kier molecular flexibility index (Phi) is 4.66. The van der Waals surface area contributed by atoms with Gasteiger partial charge in [0.2, 0.25) is 0 Å². The molecule has 1 fully saturated rings. The lowest BCUT2D eigenvalue weighted by Crippen LogP contribution is -2.48. The predicted molar refractivity (Wildman–Crippen MR) is 100.0 cm³/mol. The second-order valence-corrected chi connectivity index (χ2v) is 7.49. The molecule has 0 spiro atoms. The number of alkyl halides is 3. The van der Waals surface area contributed by atoms with Crippen molar-refractivity contribution in [3.8, 4) is 0 Å². The lowest BCUT2D eigenvalue weighted by molar-refractivity contribution is -0.143. The molecule has 3 heterocycles. The topological polar surface area (TPSA) is 61.6 Å². The minimum absolute atomic E-state index is 0.0479. The van der Waals surface area contributed by atoms with E-state index in [1.807, 2.05) is 4.90 Å². The fourth-order valence-corrected chi connectivity index (χ4v) is 4.16. The van der Waals surface area contributed by atoms with Gasteiger partial charge in [0.25, 0.3) is 0 Å². The number of hydrogen-bond acceptors (Lipinski definition) is 4. The van der Waals surface area contributed by atoms with Gasteiger partial charge in [-0.25, -0.2) is 9.78 Å². The first kappa shape index (κ1) is 18.6. The molecule has 148 valence electrons. The summed E-state index contributed by atoms with van der Waals surface area (Å²) in [5, 5.41) is 11.9. The Bertz CT molecular complexity index is 992. The van der Waals surface area contributed by atoms with Crippen molar-refractivity contribution in [2.24, 2.45) is 0 Å². The van der Waals surface area contributed by atoms with Gasteiger partial charge in [0.1, 0.15) is 10.7 Å². The lowest BCUT2D eigenvalue weighted by atomic mass is 10.1. The van der Waals surface area contributed by atoms with Crippen LogP contribution in [-0.2, 0) is 12.7 Å². The fraction of sp³-hybridized carbons (Fsp3) is 0.333. The highest BCUT2D eigenvalue weighted by molar-refractivity contribution is 7.09. The third-order valence-electron chi connectivity index (χ3n) is 4.88. The summed E-state index contributed by atoms with van der Waals surface area (Å²) in [5.41, 5.74) is 0.459. The molecule has 4 rings (SSSR count). The molecule has 0 radical (unpaired) electrons. The van der Waals surface area contributed by atoms with Crippen molar-refractivity contribution in [2.45, 2.75) is 12.7 Å². The van der Waals surface area contributed by atoms with Crippen LogP contribution in [0.3, 0.4) is 0 Å². The van der Waals surface area contributed by atoms with E-state index in [0.717, 1.165) is 0 Å². The molecule has 1 saturated heterocycles. The molecular formula is C18H17F3N4O2S. The number of piperazine rings is 1. The molecule has 0 atom stereocenters. The Morgan fingerprint density at radius 2 is 1.96 bits per heavy atom. The molecule has 3 aromatic rings. The van der Waals surface area contributed by atoms with Crippen LogP contribution in [0, 0.1) is 0 Å². The van der Waals surface area contributed by atoms with Crippen LogP contribution in [0.15, 0.2) is 35.8 Å². The highest BCUT2D eigenvalue weighted by Crippen LogP contribution is 2.38. The first-order valence-electron chi connectivity index (χ1n) is 8.65. The van der Waals surface area contributed by atoms with Crippen LogP contribution >= 0.6 is 11.3 Å². The zero-order chi connectivity index (χ0) is 19.9. The third-order valence-corrected chi connectivity index (χ3v) is 5.65. The van der Waals surface area contributed by atoms with Gasteiger partial charge in [-0.2, -0.15) is 13.2 Å². The summed E-state index contributed by atoms with van der Waals surface area (Å²) in [5.74, 6) is 0. The fourth-order valence-electron chi connectivity index (χ4n) is 3.55. The average Bonchev–Trinajstić information content (AvgIpc) is 3.30. The Labute approximate surface area is 162 Å². The van der Waals surface area contributed by atoms with Gasteiger partial charge in [0.15, 0.2) is 0 Å². The maximum Gasteiger partial charge on any atom is 0.431 e. The number of halogens is 3. The van der Waals surface area contributed by atoms with Gasteiger partial charge < -0.3 is 19.5 Å². The highest BCUT2D eigenvalue weighted by atomic mass is 32.1. The van der Waals surface area contributed by atoms with Crippen LogP contribution in [0.4, 0.5) is 23.7 Å². The molecule has 1 amide bonds. The number of anilines is 1. The van der Waals surface area contributed by atoms with E-state index in [1.165, 1.54) is 26.9 Å². The van der Waals surface area contributed by atoms with Crippen LogP contribution in [-0.4, -0.2) is 51.8 Å². The van der Waals surface area contributed by atoms with Crippen molar-refractivity contribution < 1.29 is 23.1 Å². The number of hydrogen-bond donors (Lipinski definition) is 1. The number of carboxylic acid groups (broad SMARTS) is 1. The highest BCUT2D eigenvalue weighted by Gasteiger charge is 2.36. The van der Waals surface area contributed by atoms with E-state index in [2.05, 4.69) is 4.98 Å². The molecule has 6 nitrogen and oxygen atoms in total. The van der Waals surface area contributed by atoms with Gasteiger partial charge >= 0.3 is 12.3 Å². The number of benzene rings is 1. The lowest BCUT2D eigenvalue weighted by Gasteiger charge is -2.35. The van der Waals surface area contributed by atoms with Crippen molar-refractivity contribution in [2.75, 3.05) is 31.1 Å². The zero-order valence-corrected chi connectivity index (χ0v) is 15.5. The summed E-state index contributed by atoms with van der Waals surface area (Å²) < 4.78 is 42.4. The SMILES string of the molecule is O=C(O)N1CCN(c2cccc3c2cc(C(F)(F)F)n3Cc2nccs2)CC1. The van der Waals surface area contributed by atoms with Crippen LogP contribution in [0.25, 0.3) is 10.9 Å². The van der Waals surface area contributed by atoms with E-state index in [9.17, 15) is 18.0 Å². The van der Waals surface area contributed by atoms with E-state index >= 15 is 0 Å². The summed E-state index contributed by atoms with van der Waals surface area (Å²) in [4.78, 5) is 18.5. The number of thiazole rings is 1. The molecule has 1 N–H and O–H groups in total. The Morgan fingerprint density at radius 3 is 2.57 bits per heavy atom. The summed E-state index contributed by atoms with van der Waals surface area (Å²) in [7, 11) is 0. The first-order chi connectivity index (χ1) is 13.3. The summed E-state index contributed by atoms with van der Waals surface area (Å²) in [6, 6.07) is 6.38. The monoisotopic (exact) mass is 410 g/mol. The third kappa shape index (κ3) is 3.39. The van der Waals surface area contributed by atoms with Gasteiger partial charge in [-0.1, -0.05) is 6.07 Å². The molecule has 28 heavy (non-hydrogen) atoms.